The van der Waals surface area contributed by atoms with Crippen LogP contribution in [0.5, 0.6) is 5.75 Å². The Hall–Kier alpha value is -3.64. The van der Waals surface area contributed by atoms with E-state index in [2.05, 4.69) is 15.8 Å². The van der Waals surface area contributed by atoms with Crippen molar-refractivity contribution in [2.75, 3.05) is 11.9 Å². The third-order valence-electron chi connectivity index (χ3n) is 4.11. The molecule has 0 heterocycles. The second-order valence-electron chi connectivity index (χ2n) is 6.38. The smallest absolute Gasteiger partial charge is 0.277 e. The van der Waals surface area contributed by atoms with Gasteiger partial charge in [-0.3, -0.25) is 9.59 Å². The van der Waals surface area contributed by atoms with E-state index in [-0.39, 0.29) is 18.4 Å². The molecule has 30 heavy (non-hydrogen) atoms. The van der Waals surface area contributed by atoms with E-state index in [0.717, 1.165) is 5.56 Å². The van der Waals surface area contributed by atoms with E-state index in [1.165, 1.54) is 0 Å². The Balaban J connectivity index is 1.58. The Labute approximate surface area is 179 Å². The average molecular weight is 422 g/mol. The van der Waals surface area contributed by atoms with Gasteiger partial charge in [0.05, 0.1) is 5.71 Å². The lowest BCUT2D eigenvalue weighted by Crippen LogP contribution is -2.25. The summed E-state index contributed by atoms with van der Waals surface area (Å²) in [6, 6.07) is 22.9. The summed E-state index contributed by atoms with van der Waals surface area (Å²) in [6.45, 7) is 1.62. The number of amides is 2. The SMILES string of the molecule is CC(=NNC(=O)COc1ccccc1)c1cccc(NC(=O)c2ccc(Cl)cc2)c1. The molecule has 0 unspecified atom stereocenters. The number of rotatable bonds is 7. The molecule has 0 saturated carbocycles. The van der Waals surface area contributed by atoms with E-state index in [1.54, 1.807) is 61.5 Å². The maximum Gasteiger partial charge on any atom is 0.277 e. The van der Waals surface area contributed by atoms with Crippen LogP contribution in [0.2, 0.25) is 5.02 Å². The zero-order valence-electron chi connectivity index (χ0n) is 16.3. The van der Waals surface area contributed by atoms with Gasteiger partial charge < -0.3 is 10.1 Å². The lowest BCUT2D eigenvalue weighted by molar-refractivity contribution is -0.123. The molecular formula is C23H20ClN3O3. The molecule has 0 aromatic heterocycles. The molecular weight excluding hydrogens is 402 g/mol. The van der Waals surface area contributed by atoms with Gasteiger partial charge >= 0.3 is 0 Å². The summed E-state index contributed by atoms with van der Waals surface area (Å²) in [6.07, 6.45) is 0. The number of para-hydroxylation sites is 1. The minimum absolute atomic E-state index is 0.141. The van der Waals surface area contributed by atoms with Gasteiger partial charge in [0.15, 0.2) is 6.61 Å². The van der Waals surface area contributed by atoms with Gasteiger partial charge in [0.1, 0.15) is 5.75 Å². The lowest BCUT2D eigenvalue weighted by Gasteiger charge is -2.08. The van der Waals surface area contributed by atoms with Crippen LogP contribution >= 0.6 is 11.6 Å². The summed E-state index contributed by atoms with van der Waals surface area (Å²) in [7, 11) is 0. The predicted molar refractivity (Wildman–Crippen MR) is 118 cm³/mol. The first kappa shape index (κ1) is 21.1. The fraction of sp³-hybridized carbons (Fsp3) is 0.0870. The molecule has 152 valence electrons. The molecule has 0 aliphatic heterocycles. The zero-order chi connectivity index (χ0) is 21.3. The molecule has 2 N–H and O–H groups in total. The maximum atomic E-state index is 12.4. The van der Waals surface area contributed by atoms with Crippen LogP contribution in [0, 0.1) is 0 Å². The van der Waals surface area contributed by atoms with Gasteiger partial charge in [-0.2, -0.15) is 5.10 Å². The average Bonchev–Trinajstić information content (AvgIpc) is 2.77. The number of hydrogen-bond donors (Lipinski definition) is 2. The number of hydrogen-bond acceptors (Lipinski definition) is 4. The van der Waals surface area contributed by atoms with Crippen molar-refractivity contribution in [1.82, 2.24) is 5.43 Å². The molecule has 6 nitrogen and oxygen atoms in total. The summed E-state index contributed by atoms with van der Waals surface area (Å²) in [5.74, 6) is -0.00680. The number of hydrazone groups is 1. The number of nitrogens with zero attached hydrogens (tertiary/aromatic N) is 1. The molecule has 0 fully saturated rings. The van der Waals surface area contributed by atoms with E-state index in [0.29, 0.717) is 27.7 Å². The van der Waals surface area contributed by atoms with Crippen molar-refractivity contribution in [1.29, 1.82) is 0 Å². The molecule has 2 amide bonds. The number of ether oxygens (including phenoxy) is 1. The molecule has 0 aliphatic rings. The van der Waals surface area contributed by atoms with Crippen LogP contribution < -0.4 is 15.5 Å². The first-order chi connectivity index (χ1) is 14.5. The molecule has 3 aromatic rings. The largest absolute Gasteiger partial charge is 0.484 e. The molecule has 0 spiro atoms. The van der Waals surface area contributed by atoms with Crippen LogP contribution in [-0.2, 0) is 4.79 Å². The minimum atomic E-state index is -0.370. The maximum absolute atomic E-state index is 12.4. The van der Waals surface area contributed by atoms with Gasteiger partial charge in [-0.05, 0) is 61.0 Å². The van der Waals surface area contributed by atoms with Crippen molar-refractivity contribution in [2.24, 2.45) is 5.10 Å². The second-order valence-corrected chi connectivity index (χ2v) is 6.81. The Kier molecular flexibility index (Phi) is 7.19. The summed E-state index contributed by atoms with van der Waals surface area (Å²) >= 11 is 5.85. The number of nitrogens with one attached hydrogen (secondary N) is 2. The van der Waals surface area contributed by atoms with Crippen LogP contribution in [0.15, 0.2) is 84.0 Å². The molecule has 7 heteroatoms. The van der Waals surface area contributed by atoms with E-state index in [4.69, 9.17) is 16.3 Å². The van der Waals surface area contributed by atoms with Crippen LogP contribution in [0.25, 0.3) is 0 Å². The molecule has 0 bridgehead atoms. The standard InChI is InChI=1S/C23H20ClN3O3/c1-16(26-27-22(28)15-30-21-8-3-2-4-9-21)18-6-5-7-20(14-18)25-23(29)17-10-12-19(24)13-11-17/h2-14H,15H2,1H3,(H,25,29)(H,27,28). The van der Waals surface area contributed by atoms with Gasteiger partial charge in [0.25, 0.3) is 11.8 Å². The van der Waals surface area contributed by atoms with Crippen molar-refractivity contribution in [3.8, 4) is 5.75 Å². The lowest BCUT2D eigenvalue weighted by atomic mass is 10.1. The summed E-state index contributed by atoms with van der Waals surface area (Å²) in [5.41, 5.74) is 4.93. The molecule has 3 aromatic carbocycles. The molecule has 0 aliphatic carbocycles. The van der Waals surface area contributed by atoms with Gasteiger partial charge in [-0.25, -0.2) is 5.43 Å². The number of carbonyl (C=O) groups excluding carboxylic acids is 2. The van der Waals surface area contributed by atoms with Crippen molar-refractivity contribution in [2.45, 2.75) is 6.92 Å². The van der Waals surface area contributed by atoms with E-state index < -0.39 is 0 Å². The van der Waals surface area contributed by atoms with Crippen LogP contribution in [-0.4, -0.2) is 24.1 Å². The van der Waals surface area contributed by atoms with Gasteiger partial charge in [-0.1, -0.05) is 41.9 Å². The van der Waals surface area contributed by atoms with E-state index in [9.17, 15) is 9.59 Å². The quantitative estimate of drug-likeness (QED) is 0.435. The van der Waals surface area contributed by atoms with Crippen LogP contribution in [0.4, 0.5) is 5.69 Å². The van der Waals surface area contributed by atoms with Crippen molar-refractivity contribution < 1.29 is 14.3 Å². The Morgan fingerprint density at radius 2 is 1.67 bits per heavy atom. The monoisotopic (exact) mass is 421 g/mol. The van der Waals surface area contributed by atoms with Gasteiger partial charge in [0, 0.05) is 16.3 Å². The number of benzene rings is 3. The third-order valence-corrected chi connectivity index (χ3v) is 4.36. The molecule has 0 saturated heterocycles. The first-order valence-corrected chi connectivity index (χ1v) is 9.57. The zero-order valence-corrected chi connectivity index (χ0v) is 17.0. The summed E-state index contributed by atoms with van der Waals surface area (Å²) < 4.78 is 5.38. The highest BCUT2D eigenvalue weighted by Crippen LogP contribution is 2.15. The normalized spacial score (nSPS) is 10.9. The van der Waals surface area contributed by atoms with Gasteiger partial charge in [-0.15, -0.1) is 0 Å². The van der Waals surface area contributed by atoms with Gasteiger partial charge in [0.2, 0.25) is 0 Å². The van der Waals surface area contributed by atoms with Crippen molar-refractivity contribution >= 4 is 34.8 Å². The molecule has 0 radical (unpaired) electrons. The summed E-state index contributed by atoms with van der Waals surface area (Å²) in [4.78, 5) is 24.3. The number of carbonyl (C=O) groups is 2. The summed E-state index contributed by atoms with van der Waals surface area (Å²) in [5, 5.41) is 7.50. The second kappa shape index (κ2) is 10.2. The topological polar surface area (TPSA) is 79.8 Å². The van der Waals surface area contributed by atoms with E-state index >= 15 is 0 Å². The number of anilines is 1. The van der Waals surface area contributed by atoms with Crippen LogP contribution in [0.3, 0.4) is 0 Å². The predicted octanol–water partition coefficient (Wildman–Crippen LogP) is 4.51. The highest BCUT2D eigenvalue weighted by atomic mass is 35.5. The van der Waals surface area contributed by atoms with E-state index in [1.807, 2.05) is 24.3 Å². The van der Waals surface area contributed by atoms with Crippen molar-refractivity contribution in [3.05, 3.63) is 95.0 Å². The third kappa shape index (κ3) is 6.18. The van der Waals surface area contributed by atoms with Crippen molar-refractivity contribution in [3.63, 3.8) is 0 Å². The minimum Gasteiger partial charge on any atom is -0.484 e. The van der Waals surface area contributed by atoms with Crippen LogP contribution in [0.1, 0.15) is 22.8 Å². The molecule has 0 atom stereocenters. The highest BCUT2D eigenvalue weighted by Gasteiger charge is 2.08. The Bertz CT molecular complexity index is 1050. The number of halogens is 1. The highest BCUT2D eigenvalue weighted by molar-refractivity contribution is 6.30. The Morgan fingerprint density at radius 1 is 0.933 bits per heavy atom. The fourth-order valence-electron chi connectivity index (χ4n) is 2.54. The Morgan fingerprint density at radius 3 is 2.40 bits per heavy atom. The first-order valence-electron chi connectivity index (χ1n) is 9.19. The fourth-order valence-corrected chi connectivity index (χ4v) is 2.66. The molecule has 3 rings (SSSR count).